The minimum absolute atomic E-state index is 0.0294. The molecular weight excluding hydrogens is 404 g/mol. The molecule has 0 atom stereocenters. The quantitative estimate of drug-likeness (QED) is 0.542. The summed E-state index contributed by atoms with van der Waals surface area (Å²) in [5.41, 5.74) is -1.01. The van der Waals surface area contributed by atoms with Crippen LogP contribution in [0, 0.1) is 0 Å². The van der Waals surface area contributed by atoms with Crippen molar-refractivity contribution >= 4 is 29.3 Å². The van der Waals surface area contributed by atoms with E-state index in [9.17, 15) is 22.8 Å². The van der Waals surface area contributed by atoms with Gasteiger partial charge in [-0.15, -0.1) is 0 Å². The van der Waals surface area contributed by atoms with Gasteiger partial charge in [0, 0.05) is 28.6 Å². The molecule has 1 saturated carbocycles. The number of alkyl halides is 3. The maximum absolute atomic E-state index is 13.7. The Kier molecular flexibility index (Phi) is 4.51. The van der Waals surface area contributed by atoms with Crippen molar-refractivity contribution in [3.05, 3.63) is 36.2 Å². The van der Waals surface area contributed by atoms with Crippen LogP contribution in [0.25, 0.3) is 22.2 Å². The molecule has 4 rings (SSSR count). The molecule has 154 valence electrons. The van der Waals surface area contributed by atoms with Crippen molar-refractivity contribution in [3.8, 4) is 11.3 Å². The lowest BCUT2D eigenvalue weighted by atomic mass is 10.1. The minimum Gasteiger partial charge on any atom is -0.394 e. The molecule has 0 spiro atoms. The lowest BCUT2D eigenvalue weighted by Crippen LogP contribution is -2.27. The molecular formula is C19H20F3N4O2P. The van der Waals surface area contributed by atoms with Crippen LogP contribution in [0.15, 0.2) is 30.6 Å². The second-order valence-corrected chi connectivity index (χ2v) is 11.0. The van der Waals surface area contributed by atoms with Crippen LogP contribution in [-0.2, 0) is 10.7 Å². The molecule has 10 heteroatoms. The first-order valence-electron chi connectivity index (χ1n) is 9.03. The van der Waals surface area contributed by atoms with E-state index < -0.39 is 24.4 Å². The number of aromatic amines is 1. The van der Waals surface area contributed by atoms with Crippen molar-refractivity contribution in [2.45, 2.75) is 24.6 Å². The van der Waals surface area contributed by atoms with E-state index in [1.54, 1.807) is 31.5 Å². The van der Waals surface area contributed by atoms with E-state index in [2.05, 4.69) is 20.3 Å². The zero-order valence-corrected chi connectivity index (χ0v) is 16.7. The Morgan fingerprint density at radius 3 is 2.62 bits per heavy atom. The van der Waals surface area contributed by atoms with Gasteiger partial charge in [0.05, 0.1) is 23.4 Å². The number of H-pyrrole nitrogens is 1. The van der Waals surface area contributed by atoms with Crippen molar-refractivity contribution in [3.63, 3.8) is 0 Å². The van der Waals surface area contributed by atoms with Crippen molar-refractivity contribution in [1.29, 1.82) is 0 Å². The number of fused-ring (bicyclic) bond motifs is 1. The molecule has 2 heterocycles. The topological polar surface area (TPSA) is 90.9 Å². The van der Waals surface area contributed by atoms with Crippen LogP contribution >= 0.6 is 7.14 Å². The van der Waals surface area contributed by atoms with Crippen molar-refractivity contribution < 1.29 is 22.8 Å². The normalized spacial score (nSPS) is 16.2. The molecule has 6 nitrogen and oxygen atoms in total. The number of benzene rings is 1. The first kappa shape index (κ1) is 19.9. The Hall–Kier alpha value is -2.38. The van der Waals surface area contributed by atoms with Gasteiger partial charge in [0.1, 0.15) is 12.7 Å². The van der Waals surface area contributed by atoms with Gasteiger partial charge in [-0.2, -0.15) is 13.2 Å². The third kappa shape index (κ3) is 3.65. The summed E-state index contributed by atoms with van der Waals surface area (Å²) in [6, 6.07) is 5.05. The number of nitrogens with zero attached hydrogens (tertiary/aromatic N) is 2. The summed E-state index contributed by atoms with van der Waals surface area (Å²) in [4.78, 5) is 10.9. The van der Waals surface area contributed by atoms with Crippen LogP contribution in [-0.4, -0.2) is 45.5 Å². The monoisotopic (exact) mass is 424 g/mol. The number of hydrogen-bond acceptors (Lipinski definition) is 5. The predicted octanol–water partition coefficient (Wildman–Crippen LogP) is 3.83. The van der Waals surface area contributed by atoms with Gasteiger partial charge in [-0.1, -0.05) is 12.1 Å². The Morgan fingerprint density at radius 1 is 1.31 bits per heavy atom. The molecule has 3 N–H and O–H groups in total. The van der Waals surface area contributed by atoms with Crippen molar-refractivity contribution in [1.82, 2.24) is 15.0 Å². The Balaban J connectivity index is 1.90. The maximum Gasteiger partial charge on any atom is 0.419 e. The van der Waals surface area contributed by atoms with Gasteiger partial charge >= 0.3 is 6.18 Å². The van der Waals surface area contributed by atoms with E-state index >= 15 is 0 Å². The summed E-state index contributed by atoms with van der Waals surface area (Å²) in [5.74, 6) is 0.0294. The number of aliphatic hydroxyl groups is 1. The van der Waals surface area contributed by atoms with E-state index in [1.807, 2.05) is 0 Å². The molecule has 0 amide bonds. The highest BCUT2D eigenvalue weighted by Crippen LogP contribution is 2.43. The Labute approximate surface area is 164 Å². The summed E-state index contributed by atoms with van der Waals surface area (Å²) >= 11 is 0. The van der Waals surface area contributed by atoms with E-state index in [1.165, 1.54) is 6.20 Å². The first-order chi connectivity index (χ1) is 13.5. The molecule has 1 aromatic carbocycles. The first-order valence-corrected chi connectivity index (χ1v) is 11.6. The predicted molar refractivity (Wildman–Crippen MR) is 106 cm³/mol. The second-order valence-electron chi connectivity index (χ2n) is 7.77. The molecule has 1 aliphatic rings. The van der Waals surface area contributed by atoms with Crippen molar-refractivity contribution in [2.75, 3.05) is 25.3 Å². The van der Waals surface area contributed by atoms with E-state index in [-0.39, 0.29) is 23.8 Å². The molecule has 0 saturated heterocycles. The fraction of sp³-hybridized carbons (Fsp3) is 0.368. The van der Waals surface area contributed by atoms with Gasteiger partial charge in [-0.05, 0) is 32.2 Å². The third-order valence-electron chi connectivity index (χ3n) is 5.16. The number of anilines is 1. The van der Waals surface area contributed by atoms with E-state index in [0.29, 0.717) is 29.0 Å². The second kappa shape index (κ2) is 6.57. The lowest BCUT2D eigenvalue weighted by molar-refractivity contribution is -0.137. The maximum atomic E-state index is 13.7. The Morgan fingerprint density at radius 2 is 2.03 bits per heavy atom. The summed E-state index contributed by atoms with van der Waals surface area (Å²) < 4.78 is 53.6. The molecule has 0 aliphatic heterocycles. The number of rotatable bonds is 5. The lowest BCUT2D eigenvalue weighted by Gasteiger charge is -2.17. The molecule has 0 radical (unpaired) electrons. The van der Waals surface area contributed by atoms with Gasteiger partial charge in [0.25, 0.3) is 0 Å². The number of aromatic nitrogens is 3. The average Bonchev–Trinajstić information content (AvgIpc) is 3.27. The minimum atomic E-state index is -4.64. The molecule has 0 unspecified atom stereocenters. The Bertz CT molecular complexity index is 1130. The van der Waals surface area contributed by atoms with Gasteiger partial charge in [-0.3, -0.25) is 0 Å². The molecule has 3 aromatic rings. The van der Waals surface area contributed by atoms with Crippen LogP contribution in [0.1, 0.15) is 18.4 Å². The summed E-state index contributed by atoms with van der Waals surface area (Å²) in [6.45, 7) is 3.08. The van der Waals surface area contributed by atoms with E-state index in [4.69, 9.17) is 0 Å². The fourth-order valence-electron chi connectivity index (χ4n) is 3.35. The van der Waals surface area contributed by atoms with Crippen LogP contribution in [0.4, 0.5) is 19.1 Å². The van der Waals surface area contributed by atoms with Crippen LogP contribution in [0.2, 0.25) is 0 Å². The molecule has 29 heavy (non-hydrogen) atoms. The standard InChI is InChI=1S/C19H20F3N4O2P/c1-29(2,28)14-5-3-4-11-12(8-23-16(11)14)15-13(19(20,21)22)9-24-17(25-15)26-18(10-27)6-7-18/h3-5,8-9,23,27H,6-7,10H2,1-2H3,(H,24,25,26). The number of halogens is 3. The number of nitrogens with one attached hydrogen (secondary N) is 2. The highest BCUT2D eigenvalue weighted by molar-refractivity contribution is 7.70. The van der Waals surface area contributed by atoms with E-state index in [0.717, 1.165) is 6.20 Å². The molecule has 1 fully saturated rings. The largest absolute Gasteiger partial charge is 0.419 e. The van der Waals surface area contributed by atoms with Crippen LogP contribution in [0.3, 0.4) is 0 Å². The number of aliphatic hydroxyl groups excluding tert-OH is 1. The summed E-state index contributed by atoms with van der Waals surface area (Å²) in [6.07, 6.45) is -1.05. The number of para-hydroxylation sites is 1. The molecule has 0 bridgehead atoms. The molecule has 2 aromatic heterocycles. The summed E-state index contributed by atoms with van der Waals surface area (Å²) in [5, 5.41) is 13.5. The van der Waals surface area contributed by atoms with Gasteiger partial charge < -0.3 is 20.0 Å². The average molecular weight is 424 g/mol. The highest BCUT2D eigenvalue weighted by atomic mass is 31.2. The fourth-order valence-corrected chi connectivity index (χ4v) is 4.52. The van der Waals surface area contributed by atoms with Gasteiger partial charge in [0.15, 0.2) is 0 Å². The molecule has 1 aliphatic carbocycles. The highest BCUT2D eigenvalue weighted by Gasteiger charge is 2.43. The smallest absolute Gasteiger partial charge is 0.394 e. The van der Waals surface area contributed by atoms with Crippen molar-refractivity contribution in [2.24, 2.45) is 0 Å². The third-order valence-corrected chi connectivity index (χ3v) is 6.69. The van der Waals surface area contributed by atoms with Crippen LogP contribution < -0.4 is 10.6 Å². The van der Waals surface area contributed by atoms with Gasteiger partial charge in [0.2, 0.25) is 5.95 Å². The van der Waals surface area contributed by atoms with Crippen LogP contribution in [0.5, 0.6) is 0 Å². The summed E-state index contributed by atoms with van der Waals surface area (Å²) in [7, 11) is -2.65. The SMILES string of the molecule is CP(C)(=O)c1cccc2c(-c3nc(NC4(CO)CC4)ncc3C(F)(F)F)c[nH]c12. The van der Waals surface area contributed by atoms with Gasteiger partial charge in [-0.25, -0.2) is 9.97 Å². The number of hydrogen-bond donors (Lipinski definition) is 3. The zero-order valence-electron chi connectivity index (χ0n) is 15.8. The zero-order chi connectivity index (χ0) is 21.0.